The molecular formula is C20H33IN4O. The van der Waals surface area contributed by atoms with Crippen LogP contribution in [0.4, 0.5) is 0 Å². The van der Waals surface area contributed by atoms with E-state index in [4.69, 9.17) is 15.5 Å². The van der Waals surface area contributed by atoms with Gasteiger partial charge in [0.15, 0.2) is 5.96 Å². The largest absolute Gasteiger partial charge is 0.493 e. The molecule has 1 aliphatic heterocycles. The highest BCUT2D eigenvalue weighted by Gasteiger charge is 2.33. The van der Waals surface area contributed by atoms with Crippen LogP contribution < -0.4 is 15.8 Å². The zero-order valence-electron chi connectivity index (χ0n) is 16.0. The van der Waals surface area contributed by atoms with Crippen molar-refractivity contribution in [3.05, 3.63) is 29.8 Å². The number of hydrogen-bond donors (Lipinski definition) is 2. The van der Waals surface area contributed by atoms with E-state index >= 15 is 0 Å². The zero-order valence-corrected chi connectivity index (χ0v) is 18.4. The molecule has 0 saturated heterocycles. The predicted octanol–water partition coefficient (Wildman–Crippen LogP) is 3.69. The summed E-state index contributed by atoms with van der Waals surface area (Å²) in [4.78, 5) is 7.11. The van der Waals surface area contributed by atoms with Crippen LogP contribution in [0.5, 0.6) is 5.75 Å². The summed E-state index contributed by atoms with van der Waals surface area (Å²) in [5, 5.41) is 3.42. The maximum Gasteiger partial charge on any atom is 0.189 e. The molecule has 1 aromatic carbocycles. The number of rotatable bonds is 4. The molecule has 1 aliphatic carbocycles. The number of fused-ring (bicyclic) bond motifs is 1. The van der Waals surface area contributed by atoms with E-state index in [9.17, 15) is 0 Å². The standard InChI is InChI=1S/C20H32N4O.HI/c1-24(2)20(12-7-3-4-8-13-20)15-22-19(21)23-17-11-14-25-18-10-6-5-9-16(17)18;/h5-6,9-10,17H,3-4,7-8,11-15H2,1-2H3,(H3,21,22,23);1H. The number of guanidine groups is 1. The number of benzene rings is 1. The summed E-state index contributed by atoms with van der Waals surface area (Å²) in [7, 11) is 4.36. The molecule has 3 N–H and O–H groups in total. The van der Waals surface area contributed by atoms with Crippen LogP contribution in [-0.2, 0) is 0 Å². The zero-order chi connectivity index (χ0) is 17.7. The fraction of sp³-hybridized carbons (Fsp3) is 0.650. The third kappa shape index (κ3) is 5.03. The summed E-state index contributed by atoms with van der Waals surface area (Å²) in [6.07, 6.45) is 8.57. The quantitative estimate of drug-likeness (QED) is 0.304. The van der Waals surface area contributed by atoms with Crippen molar-refractivity contribution in [1.82, 2.24) is 10.2 Å². The first-order valence-corrected chi connectivity index (χ1v) is 9.56. The van der Waals surface area contributed by atoms with Gasteiger partial charge in [-0.25, -0.2) is 0 Å². The Morgan fingerprint density at radius 3 is 2.62 bits per heavy atom. The van der Waals surface area contributed by atoms with Gasteiger partial charge in [-0.3, -0.25) is 4.99 Å². The molecule has 3 rings (SSSR count). The molecule has 0 radical (unpaired) electrons. The third-order valence-corrected chi connectivity index (χ3v) is 5.81. The normalized spacial score (nSPS) is 22.6. The first-order chi connectivity index (χ1) is 12.1. The van der Waals surface area contributed by atoms with Gasteiger partial charge >= 0.3 is 0 Å². The van der Waals surface area contributed by atoms with Gasteiger partial charge in [-0.1, -0.05) is 43.9 Å². The van der Waals surface area contributed by atoms with E-state index in [1.807, 2.05) is 18.2 Å². The molecule has 26 heavy (non-hydrogen) atoms. The molecule has 1 heterocycles. The highest BCUT2D eigenvalue weighted by molar-refractivity contribution is 14.0. The van der Waals surface area contributed by atoms with Crippen LogP contribution in [0.3, 0.4) is 0 Å². The van der Waals surface area contributed by atoms with Crippen LogP contribution in [0.2, 0.25) is 0 Å². The minimum atomic E-state index is 0. The van der Waals surface area contributed by atoms with Gasteiger partial charge in [0, 0.05) is 17.5 Å². The van der Waals surface area contributed by atoms with E-state index in [1.54, 1.807) is 0 Å². The van der Waals surface area contributed by atoms with Gasteiger partial charge in [0.1, 0.15) is 5.75 Å². The highest BCUT2D eigenvalue weighted by Crippen LogP contribution is 2.32. The summed E-state index contributed by atoms with van der Waals surface area (Å²) in [5.41, 5.74) is 7.58. The Bertz CT molecular complexity index is 597. The van der Waals surface area contributed by atoms with Crippen molar-refractivity contribution in [3.63, 3.8) is 0 Å². The van der Waals surface area contributed by atoms with Gasteiger partial charge in [0.2, 0.25) is 0 Å². The lowest BCUT2D eigenvalue weighted by Gasteiger charge is -2.38. The SMILES string of the molecule is CN(C)C1(CN=C(N)NC2CCOc3ccccc32)CCCCCC1.I. The Morgan fingerprint density at radius 1 is 1.23 bits per heavy atom. The molecule has 0 amide bonds. The van der Waals surface area contributed by atoms with Gasteiger partial charge in [0.05, 0.1) is 19.2 Å². The van der Waals surface area contributed by atoms with Gasteiger partial charge in [-0.2, -0.15) is 0 Å². The van der Waals surface area contributed by atoms with Crippen molar-refractivity contribution in [2.75, 3.05) is 27.2 Å². The summed E-state index contributed by atoms with van der Waals surface area (Å²) >= 11 is 0. The van der Waals surface area contributed by atoms with Crippen molar-refractivity contribution in [1.29, 1.82) is 0 Å². The molecule has 0 aromatic heterocycles. The number of nitrogens with one attached hydrogen (secondary N) is 1. The molecule has 1 fully saturated rings. The Labute approximate surface area is 174 Å². The number of nitrogens with zero attached hydrogens (tertiary/aromatic N) is 2. The van der Waals surface area contributed by atoms with Crippen molar-refractivity contribution >= 4 is 29.9 Å². The predicted molar refractivity (Wildman–Crippen MR) is 118 cm³/mol. The Hall–Kier alpha value is -1.02. The molecule has 5 nitrogen and oxygen atoms in total. The van der Waals surface area contributed by atoms with Crippen LogP contribution >= 0.6 is 24.0 Å². The van der Waals surface area contributed by atoms with E-state index < -0.39 is 0 Å². The van der Waals surface area contributed by atoms with Gasteiger partial charge in [-0.15, -0.1) is 24.0 Å². The molecule has 146 valence electrons. The fourth-order valence-electron chi connectivity index (χ4n) is 4.08. The number of halogens is 1. The van der Waals surface area contributed by atoms with Crippen molar-refractivity contribution < 1.29 is 4.74 Å². The maximum atomic E-state index is 6.26. The van der Waals surface area contributed by atoms with Crippen molar-refractivity contribution in [3.8, 4) is 5.75 Å². The van der Waals surface area contributed by atoms with E-state index in [2.05, 4.69) is 30.4 Å². The minimum absolute atomic E-state index is 0. The number of para-hydroxylation sites is 1. The molecule has 1 unspecified atom stereocenters. The molecule has 1 atom stereocenters. The first-order valence-electron chi connectivity index (χ1n) is 9.56. The van der Waals surface area contributed by atoms with Crippen molar-refractivity contribution in [2.45, 2.75) is 56.5 Å². The number of nitrogens with two attached hydrogens (primary N) is 1. The number of ether oxygens (including phenoxy) is 1. The summed E-state index contributed by atoms with van der Waals surface area (Å²) in [6, 6.07) is 8.35. The van der Waals surface area contributed by atoms with E-state index in [-0.39, 0.29) is 35.6 Å². The van der Waals surface area contributed by atoms with E-state index in [1.165, 1.54) is 44.1 Å². The fourth-order valence-corrected chi connectivity index (χ4v) is 4.08. The minimum Gasteiger partial charge on any atom is -0.493 e. The molecule has 0 spiro atoms. The van der Waals surface area contributed by atoms with E-state index in [0.717, 1.165) is 18.7 Å². The van der Waals surface area contributed by atoms with Gasteiger partial charge < -0.3 is 20.7 Å². The highest BCUT2D eigenvalue weighted by atomic mass is 127. The third-order valence-electron chi connectivity index (χ3n) is 5.81. The molecule has 6 heteroatoms. The summed E-state index contributed by atoms with van der Waals surface area (Å²) < 4.78 is 5.72. The second kappa shape index (κ2) is 9.78. The van der Waals surface area contributed by atoms with Crippen LogP contribution in [0.15, 0.2) is 29.3 Å². The van der Waals surface area contributed by atoms with Crippen LogP contribution in [0, 0.1) is 0 Å². The average molecular weight is 472 g/mol. The Morgan fingerprint density at radius 2 is 1.92 bits per heavy atom. The summed E-state index contributed by atoms with van der Waals surface area (Å²) in [6.45, 7) is 1.48. The number of aliphatic imine (C=N–C) groups is 1. The van der Waals surface area contributed by atoms with Gasteiger partial charge in [-0.05, 0) is 33.0 Å². The van der Waals surface area contributed by atoms with Crippen molar-refractivity contribution in [2.24, 2.45) is 10.7 Å². The lowest BCUT2D eigenvalue weighted by atomic mass is 9.89. The maximum absolute atomic E-state index is 6.26. The molecule has 0 bridgehead atoms. The second-order valence-electron chi connectivity index (χ2n) is 7.61. The lowest BCUT2D eigenvalue weighted by molar-refractivity contribution is 0.138. The smallest absolute Gasteiger partial charge is 0.189 e. The van der Waals surface area contributed by atoms with E-state index in [0.29, 0.717) is 12.6 Å². The second-order valence-corrected chi connectivity index (χ2v) is 7.61. The Balaban J connectivity index is 0.00000243. The first kappa shape index (κ1) is 21.3. The Kier molecular flexibility index (Phi) is 8.01. The molecule has 2 aliphatic rings. The topological polar surface area (TPSA) is 62.9 Å². The lowest BCUT2D eigenvalue weighted by Crippen LogP contribution is -2.48. The van der Waals surface area contributed by atoms with Gasteiger partial charge in [0.25, 0.3) is 0 Å². The molecule has 1 saturated carbocycles. The molecule has 1 aromatic rings. The van der Waals surface area contributed by atoms with Crippen LogP contribution in [-0.4, -0.2) is 43.6 Å². The van der Waals surface area contributed by atoms with Crippen LogP contribution in [0.25, 0.3) is 0 Å². The summed E-state index contributed by atoms with van der Waals surface area (Å²) in [5.74, 6) is 1.50. The average Bonchev–Trinajstić information content (AvgIpc) is 2.87. The molecular weight excluding hydrogens is 439 g/mol. The number of likely N-dealkylation sites (N-methyl/N-ethyl adjacent to an activating group) is 1. The van der Waals surface area contributed by atoms with Crippen LogP contribution in [0.1, 0.15) is 56.6 Å². The number of hydrogen-bond acceptors (Lipinski definition) is 3. The monoisotopic (exact) mass is 472 g/mol.